The summed E-state index contributed by atoms with van der Waals surface area (Å²) in [5, 5.41) is 8.80. The van der Waals surface area contributed by atoms with Crippen molar-refractivity contribution in [2.45, 2.75) is 24.5 Å². The molecule has 0 aliphatic heterocycles. The molecule has 0 bridgehead atoms. The van der Waals surface area contributed by atoms with Gasteiger partial charge < -0.3 is 8.98 Å². The molecular formula is C17H16FN3O2S. The molecule has 24 heavy (non-hydrogen) atoms. The van der Waals surface area contributed by atoms with E-state index in [-0.39, 0.29) is 11.6 Å². The van der Waals surface area contributed by atoms with Crippen molar-refractivity contribution in [1.82, 2.24) is 14.8 Å². The van der Waals surface area contributed by atoms with Crippen LogP contribution in [0.5, 0.6) is 0 Å². The van der Waals surface area contributed by atoms with Crippen molar-refractivity contribution in [3.63, 3.8) is 0 Å². The van der Waals surface area contributed by atoms with Crippen LogP contribution in [-0.2, 0) is 6.54 Å². The van der Waals surface area contributed by atoms with Gasteiger partial charge in [-0.25, -0.2) is 4.39 Å². The maximum atomic E-state index is 12.9. The lowest BCUT2D eigenvalue weighted by Gasteiger charge is -2.04. The molecule has 2 aromatic heterocycles. The van der Waals surface area contributed by atoms with Gasteiger partial charge in [0.15, 0.2) is 10.9 Å². The van der Waals surface area contributed by atoms with Gasteiger partial charge in [0.2, 0.25) is 0 Å². The van der Waals surface area contributed by atoms with Crippen LogP contribution in [0.4, 0.5) is 4.39 Å². The minimum atomic E-state index is -0.335. The monoisotopic (exact) mass is 345 g/mol. The number of aromatic nitrogens is 3. The third-order valence-electron chi connectivity index (χ3n) is 3.43. The molecule has 0 N–H and O–H groups in total. The number of hydrogen-bond acceptors (Lipinski definition) is 5. The Balaban J connectivity index is 1.46. The molecule has 0 spiro atoms. The number of thioether (sulfide) groups is 1. The van der Waals surface area contributed by atoms with Crippen molar-refractivity contribution in [1.29, 1.82) is 0 Å². The molecular weight excluding hydrogens is 329 g/mol. The highest BCUT2D eigenvalue weighted by atomic mass is 32.2. The van der Waals surface area contributed by atoms with E-state index in [0.29, 0.717) is 24.9 Å². The Labute approximate surface area is 142 Å². The number of rotatable bonds is 8. The Morgan fingerprint density at radius 3 is 2.83 bits per heavy atom. The van der Waals surface area contributed by atoms with Crippen LogP contribution in [0.25, 0.3) is 0 Å². The maximum absolute atomic E-state index is 12.9. The topological polar surface area (TPSA) is 60.9 Å². The van der Waals surface area contributed by atoms with Crippen molar-refractivity contribution in [3.8, 4) is 0 Å². The van der Waals surface area contributed by atoms with Gasteiger partial charge in [0.1, 0.15) is 17.9 Å². The van der Waals surface area contributed by atoms with Gasteiger partial charge in [-0.3, -0.25) is 4.79 Å². The average Bonchev–Trinajstić information content (AvgIpc) is 3.25. The van der Waals surface area contributed by atoms with Crippen LogP contribution in [0.2, 0.25) is 0 Å². The highest BCUT2D eigenvalue weighted by Crippen LogP contribution is 2.18. The molecule has 0 saturated heterocycles. The first-order valence-electron chi connectivity index (χ1n) is 7.54. The molecule has 0 aliphatic carbocycles. The highest BCUT2D eigenvalue weighted by Gasteiger charge is 2.09. The second kappa shape index (κ2) is 7.92. The molecule has 0 amide bonds. The summed E-state index contributed by atoms with van der Waals surface area (Å²) < 4.78 is 20.1. The van der Waals surface area contributed by atoms with E-state index in [0.717, 1.165) is 16.7 Å². The van der Waals surface area contributed by atoms with Crippen LogP contribution >= 0.6 is 11.8 Å². The Bertz CT molecular complexity index is 785. The summed E-state index contributed by atoms with van der Waals surface area (Å²) in [6, 6.07) is 9.39. The third kappa shape index (κ3) is 4.32. The first kappa shape index (κ1) is 16.4. The predicted molar refractivity (Wildman–Crippen MR) is 88.5 cm³/mol. The number of Topliss-reactive ketones (excluding diaryl/α,β-unsaturated/α-hetero) is 1. The first-order valence-corrected chi connectivity index (χ1v) is 8.52. The zero-order valence-corrected chi connectivity index (χ0v) is 13.7. The lowest BCUT2D eigenvalue weighted by Crippen LogP contribution is -2.01. The maximum Gasteiger partial charge on any atom is 0.191 e. The summed E-state index contributed by atoms with van der Waals surface area (Å²) in [6.45, 7) is 0.580. The molecule has 0 saturated carbocycles. The molecule has 3 aromatic rings. The lowest BCUT2D eigenvalue weighted by atomic mass is 10.1. The molecule has 0 radical (unpaired) electrons. The fraction of sp³-hybridized carbons (Fsp3) is 0.235. The Morgan fingerprint density at radius 2 is 2.08 bits per heavy atom. The van der Waals surface area contributed by atoms with Crippen LogP contribution < -0.4 is 0 Å². The second-order valence-corrected chi connectivity index (χ2v) is 6.26. The minimum absolute atomic E-state index is 0.0210. The zero-order chi connectivity index (χ0) is 16.8. The largest absolute Gasteiger partial charge is 0.467 e. The van der Waals surface area contributed by atoms with Crippen molar-refractivity contribution in [2.24, 2.45) is 0 Å². The van der Waals surface area contributed by atoms with Crippen molar-refractivity contribution < 1.29 is 13.6 Å². The molecule has 3 rings (SSSR count). The van der Waals surface area contributed by atoms with Crippen molar-refractivity contribution >= 4 is 17.5 Å². The van der Waals surface area contributed by atoms with Gasteiger partial charge in [-0.15, -0.1) is 10.2 Å². The van der Waals surface area contributed by atoms with E-state index in [2.05, 4.69) is 10.2 Å². The van der Waals surface area contributed by atoms with Crippen LogP contribution in [-0.4, -0.2) is 26.3 Å². The summed E-state index contributed by atoms with van der Waals surface area (Å²) in [5.41, 5.74) is 0.544. The van der Waals surface area contributed by atoms with Crippen LogP contribution in [0.15, 0.2) is 58.6 Å². The van der Waals surface area contributed by atoms with Gasteiger partial charge in [0, 0.05) is 17.7 Å². The molecule has 2 heterocycles. The smallest absolute Gasteiger partial charge is 0.191 e. The number of ketones is 1. The van der Waals surface area contributed by atoms with Gasteiger partial charge in [-0.2, -0.15) is 0 Å². The fourth-order valence-corrected chi connectivity index (χ4v) is 3.06. The Hall–Kier alpha value is -2.41. The van der Waals surface area contributed by atoms with Crippen LogP contribution in [0, 0.1) is 5.82 Å². The summed E-state index contributed by atoms with van der Waals surface area (Å²) >= 11 is 1.55. The molecule has 0 unspecified atom stereocenters. The van der Waals surface area contributed by atoms with E-state index in [4.69, 9.17) is 4.42 Å². The molecule has 0 atom stereocenters. The molecule has 5 nitrogen and oxygen atoms in total. The standard InChI is InChI=1S/C17H16FN3O2S/c18-14-7-5-13(6-8-14)16(22)4-2-10-24-17-20-19-12-21(17)11-15-3-1-9-23-15/h1,3,5-9,12H,2,4,10-11H2. The normalized spacial score (nSPS) is 10.9. The van der Waals surface area contributed by atoms with Crippen molar-refractivity contribution in [2.75, 3.05) is 5.75 Å². The number of carbonyl (C=O) groups is 1. The number of carbonyl (C=O) groups excluding carboxylic acids is 1. The highest BCUT2D eigenvalue weighted by molar-refractivity contribution is 7.99. The lowest BCUT2D eigenvalue weighted by molar-refractivity contribution is 0.0982. The minimum Gasteiger partial charge on any atom is -0.467 e. The van der Waals surface area contributed by atoms with E-state index in [1.807, 2.05) is 16.7 Å². The van der Waals surface area contributed by atoms with Gasteiger partial charge in [-0.1, -0.05) is 11.8 Å². The third-order valence-corrected chi connectivity index (χ3v) is 4.50. The van der Waals surface area contributed by atoms with Crippen molar-refractivity contribution in [3.05, 3.63) is 66.1 Å². The van der Waals surface area contributed by atoms with Crippen LogP contribution in [0.3, 0.4) is 0 Å². The van der Waals surface area contributed by atoms with Gasteiger partial charge in [-0.05, 0) is 42.8 Å². The van der Waals surface area contributed by atoms with E-state index >= 15 is 0 Å². The molecule has 1 aromatic carbocycles. The van der Waals surface area contributed by atoms with E-state index in [1.165, 1.54) is 24.3 Å². The number of nitrogens with zero attached hydrogens (tertiary/aromatic N) is 3. The number of benzene rings is 1. The fourth-order valence-electron chi connectivity index (χ4n) is 2.21. The summed E-state index contributed by atoms with van der Waals surface area (Å²) in [6.07, 6.45) is 4.43. The van der Waals surface area contributed by atoms with Gasteiger partial charge >= 0.3 is 0 Å². The molecule has 0 fully saturated rings. The number of halogens is 1. The van der Waals surface area contributed by atoms with E-state index < -0.39 is 0 Å². The SMILES string of the molecule is O=C(CCCSc1nncn1Cc1ccco1)c1ccc(F)cc1. The van der Waals surface area contributed by atoms with Crippen LogP contribution in [0.1, 0.15) is 29.0 Å². The molecule has 7 heteroatoms. The number of furan rings is 1. The summed E-state index contributed by atoms with van der Waals surface area (Å²) in [5.74, 6) is 1.28. The van der Waals surface area contributed by atoms with E-state index in [9.17, 15) is 9.18 Å². The van der Waals surface area contributed by atoms with Gasteiger partial charge in [0.05, 0.1) is 12.8 Å². The molecule has 0 aliphatic rings. The molecule has 124 valence electrons. The van der Waals surface area contributed by atoms with E-state index in [1.54, 1.807) is 24.4 Å². The quantitative estimate of drug-likeness (QED) is 0.353. The van der Waals surface area contributed by atoms with Gasteiger partial charge in [0.25, 0.3) is 0 Å². The predicted octanol–water partition coefficient (Wildman–Crippen LogP) is 3.81. The summed E-state index contributed by atoms with van der Waals surface area (Å²) in [7, 11) is 0. The number of hydrogen-bond donors (Lipinski definition) is 0. The first-order chi connectivity index (χ1) is 11.7. The Morgan fingerprint density at radius 1 is 1.25 bits per heavy atom. The second-order valence-electron chi connectivity index (χ2n) is 5.20. The Kier molecular flexibility index (Phi) is 5.43. The average molecular weight is 345 g/mol. The summed E-state index contributed by atoms with van der Waals surface area (Å²) in [4.78, 5) is 12.0. The zero-order valence-electron chi connectivity index (χ0n) is 12.9.